The van der Waals surface area contributed by atoms with Crippen LogP contribution in [-0.2, 0) is 9.53 Å². The summed E-state index contributed by atoms with van der Waals surface area (Å²) in [6, 6.07) is 0. The lowest BCUT2D eigenvalue weighted by molar-refractivity contribution is -0.125. The van der Waals surface area contributed by atoms with E-state index in [4.69, 9.17) is 10.5 Å². The van der Waals surface area contributed by atoms with Crippen molar-refractivity contribution in [1.82, 2.24) is 5.32 Å². The number of amides is 1. The molecule has 0 radical (unpaired) electrons. The number of nitrogens with two attached hydrogens (primary N) is 1. The maximum Gasteiger partial charge on any atom is 0.222 e. The zero-order valence-electron chi connectivity index (χ0n) is 10.1. The minimum atomic E-state index is -0.214. The molecule has 1 aliphatic rings. The fourth-order valence-corrected chi connectivity index (χ4v) is 2.55. The first-order chi connectivity index (χ1) is 6.81. The predicted octanol–water partition coefficient (Wildman–Crippen LogP) is 0.513. The summed E-state index contributed by atoms with van der Waals surface area (Å²) in [5, 5.41) is 3.23. The molecule has 1 heterocycles. The van der Waals surface area contributed by atoms with E-state index >= 15 is 0 Å². The molecule has 0 aromatic rings. The van der Waals surface area contributed by atoms with Gasteiger partial charge in [-0.25, -0.2) is 0 Å². The fourth-order valence-electron chi connectivity index (χ4n) is 2.55. The summed E-state index contributed by atoms with van der Waals surface area (Å²) >= 11 is 0. The van der Waals surface area contributed by atoms with Crippen molar-refractivity contribution in [3.05, 3.63) is 0 Å². The second kappa shape index (κ2) is 4.10. The predicted molar refractivity (Wildman–Crippen MR) is 59.4 cm³/mol. The van der Waals surface area contributed by atoms with Crippen molar-refractivity contribution in [3.8, 4) is 0 Å². The van der Waals surface area contributed by atoms with Crippen LogP contribution in [0.3, 0.4) is 0 Å². The lowest BCUT2D eigenvalue weighted by Crippen LogP contribution is -2.42. The number of nitrogens with one attached hydrogen (secondary N) is 1. The summed E-state index contributed by atoms with van der Waals surface area (Å²) in [5.74, 6) is -0.304. The summed E-state index contributed by atoms with van der Waals surface area (Å²) < 4.78 is 5.41. The molecule has 0 spiro atoms. The molecule has 0 saturated carbocycles. The minimum absolute atomic E-state index is 0.0908. The van der Waals surface area contributed by atoms with Crippen LogP contribution in [0.25, 0.3) is 0 Å². The number of carbonyl (C=O) groups is 1. The van der Waals surface area contributed by atoms with Gasteiger partial charge in [0.25, 0.3) is 0 Å². The van der Waals surface area contributed by atoms with E-state index in [9.17, 15) is 4.79 Å². The van der Waals surface area contributed by atoms with Crippen molar-refractivity contribution >= 4 is 5.91 Å². The standard InChI is InChI=1S/C11H22N2O2/c1-10(2,15-4)6-11(3)7-13-5-8(11)9(12)14/h8,13H,5-7H2,1-4H3,(H2,12,14). The van der Waals surface area contributed by atoms with Gasteiger partial charge in [0.2, 0.25) is 5.91 Å². The van der Waals surface area contributed by atoms with Crippen molar-refractivity contribution in [2.45, 2.75) is 32.8 Å². The molecule has 3 N–H and O–H groups in total. The van der Waals surface area contributed by atoms with Crippen LogP contribution in [0.2, 0.25) is 0 Å². The zero-order valence-corrected chi connectivity index (χ0v) is 10.1. The highest BCUT2D eigenvalue weighted by Gasteiger charge is 2.45. The highest BCUT2D eigenvalue weighted by atomic mass is 16.5. The Hall–Kier alpha value is -0.610. The largest absolute Gasteiger partial charge is 0.379 e. The molecule has 15 heavy (non-hydrogen) atoms. The molecule has 1 rings (SSSR count). The van der Waals surface area contributed by atoms with Gasteiger partial charge in [-0.1, -0.05) is 6.92 Å². The van der Waals surface area contributed by atoms with E-state index in [0.29, 0.717) is 6.54 Å². The van der Waals surface area contributed by atoms with E-state index in [1.807, 2.05) is 13.8 Å². The number of rotatable bonds is 4. The number of primary amides is 1. The molecule has 4 heteroatoms. The van der Waals surface area contributed by atoms with Crippen LogP contribution in [-0.4, -0.2) is 31.7 Å². The van der Waals surface area contributed by atoms with Gasteiger partial charge < -0.3 is 15.8 Å². The maximum atomic E-state index is 11.3. The fraction of sp³-hybridized carbons (Fsp3) is 0.909. The first-order valence-corrected chi connectivity index (χ1v) is 5.36. The second-order valence-corrected chi connectivity index (χ2v) is 5.38. The molecule has 1 aliphatic heterocycles. The molecular weight excluding hydrogens is 192 g/mol. The molecule has 1 fully saturated rings. The van der Waals surface area contributed by atoms with Crippen LogP contribution in [0.15, 0.2) is 0 Å². The molecule has 0 aliphatic carbocycles. The number of ether oxygens (including phenoxy) is 1. The molecule has 0 aromatic carbocycles. The topological polar surface area (TPSA) is 64.3 Å². The lowest BCUT2D eigenvalue weighted by Gasteiger charge is -2.36. The Labute approximate surface area is 91.5 Å². The normalized spacial score (nSPS) is 31.9. The Morgan fingerprint density at radius 1 is 1.67 bits per heavy atom. The monoisotopic (exact) mass is 214 g/mol. The second-order valence-electron chi connectivity index (χ2n) is 5.38. The third-order valence-electron chi connectivity index (χ3n) is 3.44. The van der Waals surface area contributed by atoms with Gasteiger partial charge in [-0.05, 0) is 25.7 Å². The average molecular weight is 214 g/mol. The third-order valence-corrected chi connectivity index (χ3v) is 3.44. The maximum absolute atomic E-state index is 11.3. The molecule has 0 aromatic heterocycles. The van der Waals surface area contributed by atoms with Gasteiger partial charge in [0.15, 0.2) is 0 Å². The number of methoxy groups -OCH3 is 1. The average Bonchev–Trinajstić information content (AvgIpc) is 2.46. The number of hydrogen-bond acceptors (Lipinski definition) is 3. The summed E-state index contributed by atoms with van der Waals surface area (Å²) in [5.41, 5.74) is 5.11. The minimum Gasteiger partial charge on any atom is -0.379 e. The Morgan fingerprint density at radius 2 is 2.27 bits per heavy atom. The summed E-state index contributed by atoms with van der Waals surface area (Å²) in [6.07, 6.45) is 0.830. The van der Waals surface area contributed by atoms with Crippen molar-refractivity contribution in [3.63, 3.8) is 0 Å². The highest BCUT2D eigenvalue weighted by molar-refractivity contribution is 5.78. The smallest absolute Gasteiger partial charge is 0.222 e. The number of carbonyl (C=O) groups excluding carboxylic acids is 1. The molecule has 1 amide bonds. The molecular formula is C11H22N2O2. The molecule has 88 valence electrons. The van der Waals surface area contributed by atoms with Crippen LogP contribution >= 0.6 is 0 Å². The molecule has 1 saturated heterocycles. The third kappa shape index (κ3) is 2.69. The molecule has 2 atom stereocenters. The van der Waals surface area contributed by atoms with Crippen LogP contribution in [0.1, 0.15) is 27.2 Å². The van der Waals surface area contributed by atoms with E-state index in [1.54, 1.807) is 7.11 Å². The van der Waals surface area contributed by atoms with E-state index in [2.05, 4.69) is 12.2 Å². The first kappa shape index (κ1) is 12.5. The van der Waals surface area contributed by atoms with Gasteiger partial charge in [0.05, 0.1) is 11.5 Å². The van der Waals surface area contributed by atoms with Crippen LogP contribution in [0, 0.1) is 11.3 Å². The van der Waals surface area contributed by atoms with Crippen LogP contribution in [0.4, 0.5) is 0 Å². The van der Waals surface area contributed by atoms with Crippen LogP contribution in [0.5, 0.6) is 0 Å². The summed E-state index contributed by atoms with van der Waals surface area (Å²) in [4.78, 5) is 11.3. The Bertz CT molecular complexity index is 253. The highest BCUT2D eigenvalue weighted by Crippen LogP contribution is 2.39. The molecule has 0 bridgehead atoms. The van der Waals surface area contributed by atoms with E-state index < -0.39 is 0 Å². The van der Waals surface area contributed by atoms with Gasteiger partial charge in [0.1, 0.15) is 0 Å². The van der Waals surface area contributed by atoms with Gasteiger partial charge in [-0.15, -0.1) is 0 Å². The first-order valence-electron chi connectivity index (χ1n) is 5.36. The Kier molecular flexibility index (Phi) is 3.41. The number of hydrogen-bond donors (Lipinski definition) is 2. The van der Waals surface area contributed by atoms with Gasteiger partial charge in [-0.3, -0.25) is 4.79 Å². The van der Waals surface area contributed by atoms with Crippen molar-refractivity contribution in [2.75, 3.05) is 20.2 Å². The van der Waals surface area contributed by atoms with Gasteiger partial charge in [0, 0.05) is 20.2 Å². The summed E-state index contributed by atoms with van der Waals surface area (Å²) in [7, 11) is 1.70. The van der Waals surface area contributed by atoms with Gasteiger partial charge in [-0.2, -0.15) is 0 Å². The molecule has 4 nitrogen and oxygen atoms in total. The Balaban J connectivity index is 2.77. The Morgan fingerprint density at radius 3 is 2.73 bits per heavy atom. The van der Waals surface area contributed by atoms with Crippen LogP contribution < -0.4 is 11.1 Å². The SMILES string of the molecule is COC(C)(C)CC1(C)CNCC1C(N)=O. The molecule has 2 unspecified atom stereocenters. The van der Waals surface area contributed by atoms with Crippen molar-refractivity contribution in [1.29, 1.82) is 0 Å². The van der Waals surface area contributed by atoms with Crippen molar-refractivity contribution in [2.24, 2.45) is 17.1 Å². The van der Waals surface area contributed by atoms with E-state index in [0.717, 1.165) is 13.0 Å². The lowest BCUT2D eigenvalue weighted by atomic mass is 9.72. The van der Waals surface area contributed by atoms with Crippen molar-refractivity contribution < 1.29 is 9.53 Å². The van der Waals surface area contributed by atoms with E-state index in [1.165, 1.54) is 0 Å². The quantitative estimate of drug-likeness (QED) is 0.717. The zero-order chi connectivity index (χ0) is 11.7. The van der Waals surface area contributed by atoms with Gasteiger partial charge >= 0.3 is 0 Å². The summed E-state index contributed by atoms with van der Waals surface area (Å²) in [6.45, 7) is 7.69. The van der Waals surface area contributed by atoms with E-state index in [-0.39, 0.29) is 22.8 Å².